The number of hydrogen-bond donors (Lipinski definition) is 0. The van der Waals surface area contributed by atoms with E-state index in [-0.39, 0.29) is 5.91 Å². The van der Waals surface area contributed by atoms with Gasteiger partial charge < -0.3 is 9.80 Å². The highest BCUT2D eigenvalue weighted by atomic mass is 79.9. The van der Waals surface area contributed by atoms with Gasteiger partial charge in [0, 0.05) is 29.2 Å². The lowest BCUT2D eigenvalue weighted by atomic mass is 10.1. The van der Waals surface area contributed by atoms with Crippen molar-refractivity contribution in [1.82, 2.24) is 9.80 Å². The van der Waals surface area contributed by atoms with Crippen molar-refractivity contribution >= 4 is 21.8 Å². The Kier molecular flexibility index (Phi) is 4.99. The van der Waals surface area contributed by atoms with Crippen LogP contribution < -0.4 is 0 Å². The molecule has 1 aromatic carbocycles. The van der Waals surface area contributed by atoms with Gasteiger partial charge in [-0.3, -0.25) is 4.79 Å². The van der Waals surface area contributed by atoms with Crippen LogP contribution in [0.5, 0.6) is 0 Å². The quantitative estimate of drug-likeness (QED) is 0.834. The first-order valence-electron chi connectivity index (χ1n) is 6.87. The van der Waals surface area contributed by atoms with Gasteiger partial charge in [-0.15, -0.1) is 0 Å². The van der Waals surface area contributed by atoms with Crippen molar-refractivity contribution in [2.75, 3.05) is 26.7 Å². The summed E-state index contributed by atoms with van der Waals surface area (Å²) < 4.78 is 0.957. The SMILES string of the molecule is CCC1CN(C)CCCN1C(=O)c1cccc(Br)c1. The van der Waals surface area contributed by atoms with Crippen LogP contribution >= 0.6 is 15.9 Å². The zero-order chi connectivity index (χ0) is 13.8. The molecule has 19 heavy (non-hydrogen) atoms. The average Bonchev–Trinajstić information content (AvgIpc) is 2.59. The second kappa shape index (κ2) is 6.53. The molecule has 1 fully saturated rings. The van der Waals surface area contributed by atoms with Crippen molar-refractivity contribution in [3.05, 3.63) is 34.3 Å². The molecule has 0 N–H and O–H groups in total. The van der Waals surface area contributed by atoms with E-state index in [1.165, 1.54) is 0 Å². The molecule has 0 bridgehead atoms. The average molecular weight is 325 g/mol. The van der Waals surface area contributed by atoms with E-state index in [1.807, 2.05) is 29.2 Å². The molecule has 1 saturated heterocycles. The van der Waals surface area contributed by atoms with Crippen molar-refractivity contribution in [1.29, 1.82) is 0 Å². The monoisotopic (exact) mass is 324 g/mol. The molecule has 3 nitrogen and oxygen atoms in total. The highest BCUT2D eigenvalue weighted by Gasteiger charge is 2.26. The third-order valence-electron chi connectivity index (χ3n) is 3.71. The second-order valence-electron chi connectivity index (χ2n) is 5.19. The molecule has 1 aromatic rings. The first kappa shape index (κ1) is 14.5. The van der Waals surface area contributed by atoms with E-state index in [1.54, 1.807) is 0 Å². The molecule has 1 heterocycles. The third-order valence-corrected chi connectivity index (χ3v) is 4.20. The van der Waals surface area contributed by atoms with Crippen molar-refractivity contribution in [3.63, 3.8) is 0 Å². The Balaban J connectivity index is 2.20. The zero-order valence-corrected chi connectivity index (χ0v) is 13.2. The maximum absolute atomic E-state index is 12.7. The molecule has 4 heteroatoms. The third kappa shape index (κ3) is 3.57. The van der Waals surface area contributed by atoms with Crippen LogP contribution in [0.3, 0.4) is 0 Å². The molecule has 1 aliphatic rings. The van der Waals surface area contributed by atoms with Crippen molar-refractivity contribution < 1.29 is 4.79 Å². The van der Waals surface area contributed by atoms with Gasteiger partial charge in [-0.05, 0) is 44.6 Å². The Morgan fingerprint density at radius 3 is 2.89 bits per heavy atom. The fourth-order valence-electron chi connectivity index (χ4n) is 2.65. The van der Waals surface area contributed by atoms with Gasteiger partial charge in [-0.25, -0.2) is 0 Å². The van der Waals surface area contributed by atoms with Gasteiger partial charge in [0.2, 0.25) is 0 Å². The number of carbonyl (C=O) groups excluding carboxylic acids is 1. The number of hydrogen-bond acceptors (Lipinski definition) is 2. The summed E-state index contributed by atoms with van der Waals surface area (Å²) in [5.74, 6) is 0.156. The highest BCUT2D eigenvalue weighted by molar-refractivity contribution is 9.10. The minimum Gasteiger partial charge on any atom is -0.334 e. The number of carbonyl (C=O) groups is 1. The summed E-state index contributed by atoms with van der Waals surface area (Å²) in [6.07, 6.45) is 2.05. The van der Waals surface area contributed by atoms with Crippen LogP contribution in [0.2, 0.25) is 0 Å². The number of rotatable bonds is 2. The van der Waals surface area contributed by atoms with E-state index in [9.17, 15) is 4.79 Å². The van der Waals surface area contributed by atoms with E-state index in [0.29, 0.717) is 6.04 Å². The van der Waals surface area contributed by atoms with Crippen LogP contribution in [-0.2, 0) is 0 Å². The normalized spacial score (nSPS) is 21.2. The molecule has 1 atom stereocenters. The molecule has 2 rings (SSSR count). The van der Waals surface area contributed by atoms with Gasteiger partial charge >= 0.3 is 0 Å². The van der Waals surface area contributed by atoms with Gasteiger partial charge in [0.05, 0.1) is 0 Å². The smallest absolute Gasteiger partial charge is 0.254 e. The van der Waals surface area contributed by atoms with Crippen LogP contribution in [0.25, 0.3) is 0 Å². The molecule has 1 aliphatic heterocycles. The van der Waals surface area contributed by atoms with E-state index in [4.69, 9.17) is 0 Å². The summed E-state index contributed by atoms with van der Waals surface area (Å²) in [5, 5.41) is 0. The Morgan fingerprint density at radius 1 is 1.42 bits per heavy atom. The molecule has 0 spiro atoms. The molecule has 1 unspecified atom stereocenters. The zero-order valence-electron chi connectivity index (χ0n) is 11.6. The predicted octanol–water partition coefficient (Wildman–Crippen LogP) is 3.01. The molecule has 1 amide bonds. The summed E-state index contributed by atoms with van der Waals surface area (Å²) in [5.41, 5.74) is 0.775. The molecule has 0 aliphatic carbocycles. The van der Waals surface area contributed by atoms with Crippen molar-refractivity contribution in [2.24, 2.45) is 0 Å². The molecular formula is C15H21BrN2O. The van der Waals surface area contributed by atoms with Crippen molar-refractivity contribution in [2.45, 2.75) is 25.8 Å². The van der Waals surface area contributed by atoms with E-state index in [2.05, 4.69) is 34.8 Å². The summed E-state index contributed by atoms with van der Waals surface area (Å²) in [6, 6.07) is 7.99. The molecule has 104 valence electrons. The summed E-state index contributed by atoms with van der Waals surface area (Å²) in [7, 11) is 2.13. The Hall–Kier alpha value is -0.870. The minimum absolute atomic E-state index is 0.156. The number of halogens is 1. The maximum Gasteiger partial charge on any atom is 0.254 e. The minimum atomic E-state index is 0.156. The van der Waals surface area contributed by atoms with Crippen LogP contribution in [-0.4, -0.2) is 48.4 Å². The highest BCUT2D eigenvalue weighted by Crippen LogP contribution is 2.18. The Morgan fingerprint density at radius 2 is 2.21 bits per heavy atom. The first-order chi connectivity index (χ1) is 9.11. The van der Waals surface area contributed by atoms with E-state index < -0.39 is 0 Å². The number of amides is 1. The summed E-state index contributed by atoms with van der Waals surface area (Å²) in [4.78, 5) is 17.0. The molecule has 0 aromatic heterocycles. The summed E-state index contributed by atoms with van der Waals surface area (Å²) in [6.45, 7) is 5.05. The fraction of sp³-hybridized carbons (Fsp3) is 0.533. The van der Waals surface area contributed by atoms with Gasteiger partial charge in [-0.2, -0.15) is 0 Å². The maximum atomic E-state index is 12.7. The lowest BCUT2D eigenvalue weighted by Gasteiger charge is -2.30. The lowest BCUT2D eigenvalue weighted by molar-refractivity contribution is 0.0675. The summed E-state index contributed by atoms with van der Waals surface area (Å²) >= 11 is 3.43. The van der Waals surface area contributed by atoms with E-state index in [0.717, 1.165) is 42.5 Å². The van der Waals surface area contributed by atoms with Crippen LogP contribution in [0, 0.1) is 0 Å². The lowest BCUT2D eigenvalue weighted by Crippen LogP contribution is -2.43. The van der Waals surface area contributed by atoms with Gasteiger partial charge in [0.25, 0.3) is 5.91 Å². The Bertz CT molecular complexity index is 450. The van der Waals surface area contributed by atoms with Crippen LogP contribution in [0.1, 0.15) is 30.1 Å². The van der Waals surface area contributed by atoms with Crippen molar-refractivity contribution in [3.8, 4) is 0 Å². The molecular weight excluding hydrogens is 304 g/mol. The van der Waals surface area contributed by atoms with Gasteiger partial charge in [-0.1, -0.05) is 28.9 Å². The van der Waals surface area contributed by atoms with Crippen LogP contribution in [0.15, 0.2) is 28.7 Å². The number of likely N-dealkylation sites (N-methyl/N-ethyl adjacent to an activating group) is 1. The van der Waals surface area contributed by atoms with E-state index >= 15 is 0 Å². The van der Waals surface area contributed by atoms with Gasteiger partial charge in [0.1, 0.15) is 0 Å². The second-order valence-corrected chi connectivity index (χ2v) is 6.10. The number of benzene rings is 1. The fourth-order valence-corrected chi connectivity index (χ4v) is 3.05. The number of nitrogens with zero attached hydrogens (tertiary/aromatic N) is 2. The largest absolute Gasteiger partial charge is 0.334 e. The first-order valence-corrected chi connectivity index (χ1v) is 7.66. The predicted molar refractivity (Wildman–Crippen MR) is 81.4 cm³/mol. The Labute approximate surface area is 123 Å². The van der Waals surface area contributed by atoms with Gasteiger partial charge in [0.15, 0.2) is 0 Å². The topological polar surface area (TPSA) is 23.6 Å². The molecule has 0 saturated carbocycles. The molecule has 0 radical (unpaired) electrons. The van der Waals surface area contributed by atoms with Crippen LogP contribution in [0.4, 0.5) is 0 Å². The standard InChI is InChI=1S/C15H21BrN2O/c1-3-14-11-17(2)8-5-9-18(14)15(19)12-6-4-7-13(16)10-12/h4,6-7,10,14H,3,5,8-9,11H2,1-2H3.